The Balaban J connectivity index is 1.98. The van der Waals surface area contributed by atoms with Crippen LogP contribution in [0, 0.1) is 20.8 Å². The maximum absolute atomic E-state index is 12.1. The van der Waals surface area contributed by atoms with Gasteiger partial charge in [-0.05, 0) is 49.6 Å². The minimum absolute atomic E-state index is 0.0496. The third-order valence-electron chi connectivity index (χ3n) is 3.66. The highest BCUT2D eigenvalue weighted by atomic mass is 32.2. The highest BCUT2D eigenvalue weighted by molar-refractivity contribution is 7.89. The SMILES string of the molecule is Cc1cc(C)c(CNS(=O)(=O)CCc2ccccn2)c(C)c1. The molecule has 2 aromatic rings. The Morgan fingerprint density at radius 2 is 1.77 bits per heavy atom. The first-order chi connectivity index (χ1) is 10.4. The van der Waals surface area contributed by atoms with Crippen molar-refractivity contribution in [3.8, 4) is 0 Å². The molecule has 5 heteroatoms. The summed E-state index contributed by atoms with van der Waals surface area (Å²) in [6.07, 6.45) is 2.09. The molecule has 4 nitrogen and oxygen atoms in total. The topological polar surface area (TPSA) is 59.1 Å². The maximum atomic E-state index is 12.1. The minimum atomic E-state index is -3.31. The molecule has 0 atom stereocenters. The molecule has 0 aliphatic heterocycles. The van der Waals surface area contributed by atoms with Crippen LogP contribution in [0.5, 0.6) is 0 Å². The minimum Gasteiger partial charge on any atom is -0.261 e. The summed E-state index contributed by atoms with van der Waals surface area (Å²) < 4.78 is 26.9. The van der Waals surface area contributed by atoms with Crippen LogP contribution in [-0.4, -0.2) is 19.2 Å². The van der Waals surface area contributed by atoms with E-state index in [2.05, 4.69) is 21.8 Å². The van der Waals surface area contributed by atoms with E-state index in [1.165, 1.54) is 5.56 Å². The molecular formula is C17H22N2O2S. The average molecular weight is 318 g/mol. The molecule has 2 rings (SSSR count). The van der Waals surface area contributed by atoms with E-state index in [1.54, 1.807) is 6.20 Å². The summed E-state index contributed by atoms with van der Waals surface area (Å²) in [4.78, 5) is 4.15. The third-order valence-corrected chi connectivity index (χ3v) is 4.99. The van der Waals surface area contributed by atoms with Crippen molar-refractivity contribution in [2.75, 3.05) is 5.75 Å². The number of nitrogens with one attached hydrogen (secondary N) is 1. The fraction of sp³-hybridized carbons (Fsp3) is 0.353. The Bertz CT molecular complexity index is 718. The Labute approximate surface area is 132 Å². The zero-order chi connectivity index (χ0) is 16.2. The molecule has 0 saturated heterocycles. The predicted molar refractivity (Wildman–Crippen MR) is 89.2 cm³/mol. The van der Waals surface area contributed by atoms with Crippen molar-refractivity contribution in [2.24, 2.45) is 0 Å². The third kappa shape index (κ3) is 4.64. The monoisotopic (exact) mass is 318 g/mol. The molecule has 0 saturated carbocycles. The molecule has 1 heterocycles. The summed E-state index contributed by atoms with van der Waals surface area (Å²) in [5, 5.41) is 0. The molecule has 22 heavy (non-hydrogen) atoms. The Morgan fingerprint density at radius 3 is 2.36 bits per heavy atom. The lowest BCUT2D eigenvalue weighted by Crippen LogP contribution is -2.27. The highest BCUT2D eigenvalue weighted by Crippen LogP contribution is 2.16. The van der Waals surface area contributed by atoms with Crippen LogP contribution in [0.1, 0.15) is 27.9 Å². The molecule has 1 N–H and O–H groups in total. The standard InChI is InChI=1S/C17H22N2O2S/c1-13-10-14(2)17(15(3)11-13)12-19-22(20,21)9-7-16-6-4-5-8-18-16/h4-6,8,10-11,19H,7,9,12H2,1-3H3. The zero-order valence-electron chi connectivity index (χ0n) is 13.3. The van der Waals surface area contributed by atoms with Crippen molar-refractivity contribution in [3.63, 3.8) is 0 Å². The normalized spacial score (nSPS) is 11.6. The van der Waals surface area contributed by atoms with Crippen LogP contribution in [0.15, 0.2) is 36.5 Å². The van der Waals surface area contributed by atoms with Crippen LogP contribution in [0.4, 0.5) is 0 Å². The molecule has 0 fully saturated rings. The Morgan fingerprint density at radius 1 is 1.09 bits per heavy atom. The van der Waals surface area contributed by atoms with Gasteiger partial charge in [-0.2, -0.15) is 0 Å². The number of benzene rings is 1. The van der Waals surface area contributed by atoms with E-state index in [0.717, 1.165) is 22.4 Å². The average Bonchev–Trinajstić information content (AvgIpc) is 2.45. The smallest absolute Gasteiger partial charge is 0.212 e. The second-order valence-electron chi connectivity index (χ2n) is 5.59. The lowest BCUT2D eigenvalue weighted by Gasteiger charge is -2.12. The number of rotatable bonds is 6. The number of aryl methyl sites for hydroxylation is 4. The quantitative estimate of drug-likeness (QED) is 0.891. The maximum Gasteiger partial charge on any atom is 0.212 e. The van der Waals surface area contributed by atoms with E-state index in [4.69, 9.17) is 0 Å². The van der Waals surface area contributed by atoms with Crippen molar-refractivity contribution in [3.05, 3.63) is 64.5 Å². The van der Waals surface area contributed by atoms with Gasteiger partial charge in [-0.25, -0.2) is 13.1 Å². The van der Waals surface area contributed by atoms with Gasteiger partial charge in [-0.1, -0.05) is 23.8 Å². The van der Waals surface area contributed by atoms with Crippen molar-refractivity contribution in [2.45, 2.75) is 33.7 Å². The van der Waals surface area contributed by atoms with Crippen LogP contribution in [-0.2, 0) is 23.0 Å². The lowest BCUT2D eigenvalue weighted by atomic mass is 10.0. The molecule has 0 unspecified atom stereocenters. The summed E-state index contributed by atoms with van der Waals surface area (Å²) in [6, 6.07) is 9.67. The largest absolute Gasteiger partial charge is 0.261 e. The van der Waals surface area contributed by atoms with E-state index >= 15 is 0 Å². The van der Waals surface area contributed by atoms with Gasteiger partial charge in [0.1, 0.15) is 0 Å². The van der Waals surface area contributed by atoms with Gasteiger partial charge in [0.25, 0.3) is 0 Å². The number of pyridine rings is 1. The summed E-state index contributed by atoms with van der Waals surface area (Å²) in [5.74, 6) is 0.0496. The van der Waals surface area contributed by atoms with E-state index in [-0.39, 0.29) is 5.75 Å². The number of aromatic nitrogens is 1. The van der Waals surface area contributed by atoms with Gasteiger partial charge >= 0.3 is 0 Å². The van der Waals surface area contributed by atoms with Gasteiger partial charge in [-0.3, -0.25) is 4.98 Å². The summed E-state index contributed by atoms with van der Waals surface area (Å²) in [5.41, 5.74) is 5.26. The molecule has 118 valence electrons. The molecule has 0 aliphatic carbocycles. The van der Waals surface area contributed by atoms with Crippen molar-refractivity contribution in [1.29, 1.82) is 0 Å². The first-order valence-corrected chi connectivity index (χ1v) is 8.96. The van der Waals surface area contributed by atoms with Crippen LogP contribution >= 0.6 is 0 Å². The van der Waals surface area contributed by atoms with Gasteiger partial charge < -0.3 is 0 Å². The van der Waals surface area contributed by atoms with Crippen LogP contribution in [0.2, 0.25) is 0 Å². The van der Waals surface area contributed by atoms with Crippen LogP contribution < -0.4 is 4.72 Å². The Kier molecular flexibility index (Phi) is 5.32. The molecule has 1 aromatic heterocycles. The number of nitrogens with zero attached hydrogens (tertiary/aromatic N) is 1. The fourth-order valence-electron chi connectivity index (χ4n) is 2.53. The number of sulfonamides is 1. The predicted octanol–water partition coefficient (Wildman–Crippen LogP) is 2.67. The van der Waals surface area contributed by atoms with Gasteiger partial charge in [0.2, 0.25) is 10.0 Å². The molecular weight excluding hydrogens is 296 g/mol. The lowest BCUT2D eigenvalue weighted by molar-refractivity contribution is 0.580. The first kappa shape index (κ1) is 16.6. The van der Waals surface area contributed by atoms with Gasteiger partial charge in [-0.15, -0.1) is 0 Å². The zero-order valence-corrected chi connectivity index (χ0v) is 14.1. The van der Waals surface area contributed by atoms with Gasteiger partial charge in [0, 0.05) is 24.9 Å². The van der Waals surface area contributed by atoms with Crippen LogP contribution in [0.3, 0.4) is 0 Å². The highest BCUT2D eigenvalue weighted by Gasteiger charge is 2.12. The Hall–Kier alpha value is -1.72. The van der Waals surface area contributed by atoms with Crippen LogP contribution in [0.25, 0.3) is 0 Å². The van der Waals surface area contributed by atoms with E-state index in [9.17, 15) is 8.42 Å². The second kappa shape index (κ2) is 7.03. The van der Waals surface area contributed by atoms with E-state index < -0.39 is 10.0 Å². The second-order valence-corrected chi connectivity index (χ2v) is 7.51. The molecule has 0 radical (unpaired) electrons. The van der Waals surface area contributed by atoms with E-state index in [1.807, 2.05) is 39.0 Å². The molecule has 0 spiro atoms. The molecule has 0 bridgehead atoms. The molecule has 0 amide bonds. The van der Waals surface area contributed by atoms with Gasteiger partial charge in [0.05, 0.1) is 5.75 Å². The first-order valence-electron chi connectivity index (χ1n) is 7.31. The summed E-state index contributed by atoms with van der Waals surface area (Å²) in [6.45, 7) is 6.40. The molecule has 0 aliphatic rings. The number of hydrogen-bond acceptors (Lipinski definition) is 3. The summed E-state index contributed by atoms with van der Waals surface area (Å²) in [7, 11) is -3.31. The fourth-order valence-corrected chi connectivity index (χ4v) is 3.51. The number of hydrogen-bond donors (Lipinski definition) is 1. The van der Waals surface area contributed by atoms with Crippen molar-refractivity contribution in [1.82, 2.24) is 9.71 Å². The van der Waals surface area contributed by atoms with Crippen molar-refractivity contribution < 1.29 is 8.42 Å². The molecule has 1 aromatic carbocycles. The van der Waals surface area contributed by atoms with Crippen molar-refractivity contribution >= 4 is 10.0 Å². The van der Waals surface area contributed by atoms with Gasteiger partial charge in [0.15, 0.2) is 0 Å². The summed E-state index contributed by atoms with van der Waals surface area (Å²) >= 11 is 0. The van der Waals surface area contributed by atoms with E-state index in [0.29, 0.717) is 13.0 Å².